The van der Waals surface area contributed by atoms with Crippen LogP contribution < -0.4 is 9.62 Å². The SMILES string of the molecule is FC(F)(F)c1ccc(SNCCCN2c3ccccc3CCc3ncccc32)cc1. The van der Waals surface area contributed by atoms with Crippen LogP contribution in [0.25, 0.3) is 0 Å². The largest absolute Gasteiger partial charge is 0.416 e. The normalized spacial score (nSPS) is 13.5. The van der Waals surface area contributed by atoms with E-state index in [1.54, 1.807) is 0 Å². The minimum atomic E-state index is -4.30. The van der Waals surface area contributed by atoms with Crippen LogP contribution in [0.15, 0.2) is 71.8 Å². The summed E-state index contributed by atoms with van der Waals surface area (Å²) in [6.45, 7) is 1.57. The van der Waals surface area contributed by atoms with Gasteiger partial charge in [-0.1, -0.05) is 18.2 Å². The molecule has 2 heterocycles. The summed E-state index contributed by atoms with van der Waals surface area (Å²) in [5.41, 5.74) is 4.18. The molecule has 0 bridgehead atoms. The van der Waals surface area contributed by atoms with Crippen LogP contribution in [0, 0.1) is 0 Å². The lowest BCUT2D eigenvalue weighted by Crippen LogP contribution is -2.22. The molecule has 0 atom stereocenters. The molecule has 0 fully saturated rings. The molecule has 1 aliphatic heterocycles. The van der Waals surface area contributed by atoms with Gasteiger partial charge in [0.1, 0.15) is 0 Å². The van der Waals surface area contributed by atoms with E-state index < -0.39 is 11.7 Å². The van der Waals surface area contributed by atoms with E-state index in [1.165, 1.54) is 35.3 Å². The fourth-order valence-electron chi connectivity index (χ4n) is 3.63. The summed E-state index contributed by atoms with van der Waals surface area (Å²) in [5, 5.41) is 0. The fourth-order valence-corrected chi connectivity index (χ4v) is 4.32. The first-order chi connectivity index (χ1) is 14.5. The summed E-state index contributed by atoms with van der Waals surface area (Å²) in [6.07, 6.45) is 0.321. The Hall–Kier alpha value is -2.51. The van der Waals surface area contributed by atoms with Crippen molar-refractivity contribution in [3.8, 4) is 0 Å². The number of benzene rings is 2. The van der Waals surface area contributed by atoms with Crippen LogP contribution in [0.2, 0.25) is 0 Å². The highest BCUT2D eigenvalue weighted by molar-refractivity contribution is 7.97. The lowest BCUT2D eigenvalue weighted by Gasteiger charge is -2.26. The Morgan fingerprint density at radius 1 is 0.933 bits per heavy atom. The number of aromatic nitrogens is 1. The smallest absolute Gasteiger partial charge is 0.340 e. The van der Waals surface area contributed by atoms with E-state index in [-0.39, 0.29) is 0 Å². The molecule has 0 aliphatic carbocycles. The second-order valence-corrected chi connectivity index (χ2v) is 8.09. The van der Waals surface area contributed by atoms with Crippen LogP contribution in [0.3, 0.4) is 0 Å². The molecule has 3 aromatic rings. The van der Waals surface area contributed by atoms with Gasteiger partial charge in [-0.05, 0) is 79.2 Å². The summed E-state index contributed by atoms with van der Waals surface area (Å²) in [7, 11) is 0. The Morgan fingerprint density at radius 2 is 1.70 bits per heavy atom. The Labute approximate surface area is 178 Å². The lowest BCUT2D eigenvalue weighted by molar-refractivity contribution is -0.137. The average molecular weight is 430 g/mol. The van der Waals surface area contributed by atoms with Gasteiger partial charge in [-0.3, -0.25) is 9.71 Å². The molecule has 7 heteroatoms. The third-order valence-corrected chi connectivity index (χ3v) is 5.96. The zero-order valence-corrected chi connectivity index (χ0v) is 17.1. The van der Waals surface area contributed by atoms with Crippen LogP contribution in [0.1, 0.15) is 23.2 Å². The number of hydrogen-bond acceptors (Lipinski definition) is 4. The summed E-state index contributed by atoms with van der Waals surface area (Å²) >= 11 is 1.35. The van der Waals surface area contributed by atoms with Gasteiger partial charge in [0.2, 0.25) is 0 Å². The maximum absolute atomic E-state index is 12.7. The van der Waals surface area contributed by atoms with E-state index in [0.29, 0.717) is 0 Å². The van der Waals surface area contributed by atoms with Crippen molar-refractivity contribution < 1.29 is 13.2 Å². The quantitative estimate of drug-likeness (QED) is 0.383. The third-order valence-electron chi connectivity index (χ3n) is 5.10. The summed E-state index contributed by atoms with van der Waals surface area (Å²) in [5.74, 6) is 0. The topological polar surface area (TPSA) is 28.2 Å². The Balaban J connectivity index is 1.36. The van der Waals surface area contributed by atoms with Crippen molar-refractivity contribution in [2.75, 3.05) is 18.0 Å². The fraction of sp³-hybridized carbons (Fsp3) is 0.261. The molecule has 3 nitrogen and oxygen atoms in total. The molecule has 1 aromatic heterocycles. The average Bonchev–Trinajstić information content (AvgIpc) is 2.90. The molecule has 4 rings (SSSR count). The molecule has 0 saturated heterocycles. The van der Waals surface area contributed by atoms with Crippen molar-refractivity contribution in [3.63, 3.8) is 0 Å². The van der Waals surface area contributed by atoms with Crippen molar-refractivity contribution in [2.45, 2.75) is 30.3 Å². The molecule has 156 valence electrons. The Bertz CT molecular complexity index is 942. The van der Waals surface area contributed by atoms with Gasteiger partial charge in [0, 0.05) is 29.9 Å². The number of rotatable bonds is 6. The van der Waals surface area contributed by atoms with Gasteiger partial charge in [0.25, 0.3) is 0 Å². The highest BCUT2D eigenvalue weighted by Crippen LogP contribution is 2.35. The van der Waals surface area contributed by atoms with Gasteiger partial charge >= 0.3 is 6.18 Å². The molecular weight excluding hydrogens is 407 g/mol. The summed E-state index contributed by atoms with van der Waals surface area (Å²) in [6, 6.07) is 17.8. The molecule has 1 N–H and O–H groups in total. The van der Waals surface area contributed by atoms with Crippen molar-refractivity contribution in [2.24, 2.45) is 0 Å². The number of nitrogens with one attached hydrogen (secondary N) is 1. The number of nitrogens with zero attached hydrogens (tertiary/aromatic N) is 2. The van der Waals surface area contributed by atoms with Crippen molar-refractivity contribution in [1.82, 2.24) is 9.71 Å². The van der Waals surface area contributed by atoms with Gasteiger partial charge in [0.05, 0.1) is 16.9 Å². The van der Waals surface area contributed by atoms with E-state index in [0.717, 1.165) is 60.8 Å². The molecule has 0 unspecified atom stereocenters. The van der Waals surface area contributed by atoms with Crippen LogP contribution in [0.5, 0.6) is 0 Å². The zero-order chi connectivity index (χ0) is 21.0. The van der Waals surface area contributed by atoms with Gasteiger partial charge < -0.3 is 4.90 Å². The molecular formula is C23H22F3N3S. The van der Waals surface area contributed by atoms with E-state index in [9.17, 15) is 13.2 Å². The standard InChI is InChI=1S/C23H22F3N3S/c24-23(25,26)18-9-11-19(12-10-18)30-28-15-4-16-29-21-6-2-1-5-17(21)8-13-20-22(29)7-3-14-27-20/h1-3,5-7,9-12,14,28H,4,8,13,15-16H2. The van der Waals surface area contributed by atoms with Gasteiger partial charge in [-0.15, -0.1) is 0 Å². The van der Waals surface area contributed by atoms with Crippen LogP contribution >= 0.6 is 11.9 Å². The second kappa shape index (κ2) is 9.10. The number of fused-ring (bicyclic) bond motifs is 2. The summed E-state index contributed by atoms with van der Waals surface area (Å²) < 4.78 is 41.2. The van der Waals surface area contributed by atoms with Gasteiger partial charge in [0.15, 0.2) is 0 Å². The third kappa shape index (κ3) is 4.79. The number of alkyl halides is 3. The Kier molecular flexibility index (Phi) is 6.29. The monoisotopic (exact) mass is 429 g/mol. The van der Waals surface area contributed by atoms with Gasteiger partial charge in [-0.2, -0.15) is 13.2 Å². The lowest BCUT2D eigenvalue weighted by atomic mass is 10.1. The molecule has 1 aliphatic rings. The van der Waals surface area contributed by atoms with E-state index in [4.69, 9.17) is 0 Å². The predicted molar refractivity (Wildman–Crippen MR) is 115 cm³/mol. The highest BCUT2D eigenvalue weighted by atomic mass is 32.2. The van der Waals surface area contributed by atoms with E-state index in [1.807, 2.05) is 12.3 Å². The molecule has 2 aromatic carbocycles. The number of pyridine rings is 1. The number of anilines is 2. The maximum atomic E-state index is 12.7. The zero-order valence-electron chi connectivity index (χ0n) is 16.3. The molecule has 0 radical (unpaired) electrons. The molecule has 0 amide bonds. The van der Waals surface area contributed by atoms with Gasteiger partial charge in [-0.25, -0.2) is 0 Å². The van der Waals surface area contributed by atoms with Crippen molar-refractivity contribution >= 4 is 23.3 Å². The highest BCUT2D eigenvalue weighted by Gasteiger charge is 2.29. The van der Waals surface area contributed by atoms with E-state index >= 15 is 0 Å². The number of hydrogen-bond donors (Lipinski definition) is 1. The minimum absolute atomic E-state index is 0.626. The van der Waals surface area contributed by atoms with Crippen molar-refractivity contribution in [3.05, 3.63) is 83.7 Å². The Morgan fingerprint density at radius 3 is 2.50 bits per heavy atom. The molecule has 30 heavy (non-hydrogen) atoms. The van der Waals surface area contributed by atoms with Crippen molar-refractivity contribution in [1.29, 1.82) is 0 Å². The summed E-state index contributed by atoms with van der Waals surface area (Å²) in [4.78, 5) is 7.67. The first kappa shape index (κ1) is 20.8. The maximum Gasteiger partial charge on any atom is 0.416 e. The molecule has 0 saturated carbocycles. The first-order valence-electron chi connectivity index (χ1n) is 9.89. The first-order valence-corrected chi connectivity index (χ1v) is 10.7. The van der Waals surface area contributed by atoms with Crippen LogP contribution in [-0.2, 0) is 19.0 Å². The van der Waals surface area contributed by atoms with Crippen LogP contribution in [0.4, 0.5) is 24.5 Å². The number of aryl methyl sites for hydroxylation is 2. The van der Waals surface area contributed by atoms with Crippen LogP contribution in [-0.4, -0.2) is 18.1 Å². The number of halogens is 3. The predicted octanol–water partition coefficient (Wildman–Crippen LogP) is 6.02. The molecule has 0 spiro atoms. The minimum Gasteiger partial charge on any atom is -0.340 e. The van der Waals surface area contributed by atoms with E-state index in [2.05, 4.69) is 44.9 Å². The number of para-hydroxylation sites is 1. The second-order valence-electron chi connectivity index (χ2n) is 7.12.